The van der Waals surface area contributed by atoms with E-state index in [0.717, 1.165) is 7.11 Å². The molecule has 0 aromatic heterocycles. The number of nitrogens with zero attached hydrogens (tertiary/aromatic N) is 3. The predicted molar refractivity (Wildman–Crippen MR) is 65.0 cm³/mol. The van der Waals surface area contributed by atoms with Crippen LogP contribution in [0, 0.1) is 10.1 Å². The minimum Gasteiger partial charge on any atom is -0.510 e. The predicted octanol–water partition coefficient (Wildman–Crippen LogP) is 2.64. The van der Waals surface area contributed by atoms with E-state index < -0.39 is 22.3 Å². The zero-order chi connectivity index (χ0) is 14.4. The Balaban J connectivity index is 3.15. The Bertz CT molecular complexity index is 561. The molecule has 0 unspecified atom stereocenters. The fourth-order valence-corrected chi connectivity index (χ4v) is 1.16. The highest BCUT2D eigenvalue weighted by Crippen LogP contribution is 2.27. The van der Waals surface area contributed by atoms with Gasteiger partial charge in [0, 0.05) is 6.07 Å². The standard InChI is InChI=1S/C11H11N3O5/c1-7(15)10(11(16)19-2)13-12-8-5-3-4-6-9(8)14(17)18/h3-6,15H,1-2H3. The number of hydrogen-bond acceptors (Lipinski definition) is 7. The molecule has 0 aliphatic carbocycles. The van der Waals surface area contributed by atoms with Crippen molar-refractivity contribution in [3.63, 3.8) is 0 Å². The Kier molecular flexibility index (Phi) is 4.69. The second-order valence-electron chi connectivity index (χ2n) is 3.37. The van der Waals surface area contributed by atoms with Crippen LogP contribution >= 0.6 is 0 Å². The summed E-state index contributed by atoms with van der Waals surface area (Å²) in [7, 11) is 1.12. The van der Waals surface area contributed by atoms with Gasteiger partial charge in [0.2, 0.25) is 5.70 Å². The minimum absolute atomic E-state index is 0.0323. The average Bonchev–Trinajstić information content (AvgIpc) is 2.38. The molecular formula is C11H11N3O5. The molecule has 100 valence electrons. The highest BCUT2D eigenvalue weighted by atomic mass is 16.6. The Hall–Kier alpha value is -2.77. The number of nitro groups is 1. The summed E-state index contributed by atoms with van der Waals surface area (Å²) in [5.74, 6) is -1.28. The van der Waals surface area contributed by atoms with Crippen molar-refractivity contribution in [3.8, 4) is 0 Å². The lowest BCUT2D eigenvalue weighted by Crippen LogP contribution is -2.04. The third kappa shape index (κ3) is 3.60. The number of allylic oxidation sites excluding steroid dienone is 1. The molecule has 0 aliphatic rings. The van der Waals surface area contributed by atoms with Crippen molar-refractivity contribution in [3.05, 3.63) is 45.8 Å². The fraction of sp³-hybridized carbons (Fsp3) is 0.182. The van der Waals surface area contributed by atoms with E-state index in [9.17, 15) is 20.0 Å². The molecule has 8 nitrogen and oxygen atoms in total. The quantitative estimate of drug-likeness (QED) is 0.224. The van der Waals surface area contributed by atoms with Crippen LogP contribution in [0.1, 0.15) is 6.92 Å². The molecule has 0 fully saturated rings. The summed E-state index contributed by atoms with van der Waals surface area (Å²) in [6, 6.07) is 5.63. The molecule has 0 atom stereocenters. The maximum atomic E-state index is 11.3. The number of nitro benzene ring substituents is 1. The summed E-state index contributed by atoms with van der Waals surface area (Å²) in [4.78, 5) is 21.4. The number of rotatable bonds is 4. The van der Waals surface area contributed by atoms with Gasteiger partial charge in [0.15, 0.2) is 5.69 Å². The molecule has 1 rings (SSSR count). The van der Waals surface area contributed by atoms with E-state index in [1.807, 2.05) is 0 Å². The Labute approximate surface area is 108 Å². The van der Waals surface area contributed by atoms with E-state index in [1.165, 1.54) is 31.2 Å². The van der Waals surface area contributed by atoms with Gasteiger partial charge in [-0.1, -0.05) is 12.1 Å². The summed E-state index contributed by atoms with van der Waals surface area (Å²) < 4.78 is 4.40. The molecule has 0 saturated carbocycles. The molecule has 1 N–H and O–H groups in total. The number of carbonyl (C=O) groups excluding carboxylic acids is 1. The van der Waals surface area contributed by atoms with Crippen LogP contribution in [-0.4, -0.2) is 23.1 Å². The van der Waals surface area contributed by atoms with Gasteiger partial charge < -0.3 is 9.84 Å². The maximum absolute atomic E-state index is 11.3. The van der Waals surface area contributed by atoms with Crippen molar-refractivity contribution in [1.82, 2.24) is 0 Å². The van der Waals surface area contributed by atoms with Gasteiger partial charge in [-0.25, -0.2) is 4.79 Å². The lowest BCUT2D eigenvalue weighted by atomic mass is 10.3. The zero-order valence-electron chi connectivity index (χ0n) is 10.2. The van der Waals surface area contributed by atoms with Crippen LogP contribution in [0.15, 0.2) is 46.0 Å². The number of esters is 1. The number of benzene rings is 1. The third-order valence-corrected chi connectivity index (χ3v) is 2.06. The van der Waals surface area contributed by atoms with E-state index in [2.05, 4.69) is 15.0 Å². The average molecular weight is 265 g/mol. The maximum Gasteiger partial charge on any atom is 0.362 e. The Morgan fingerprint density at radius 2 is 2.05 bits per heavy atom. The summed E-state index contributed by atoms with van der Waals surface area (Å²) in [5.41, 5.74) is -0.707. The zero-order valence-corrected chi connectivity index (χ0v) is 10.2. The molecule has 0 spiro atoms. The molecule has 19 heavy (non-hydrogen) atoms. The summed E-state index contributed by atoms with van der Waals surface area (Å²) in [6.45, 7) is 1.23. The van der Waals surface area contributed by atoms with Gasteiger partial charge in [-0.05, 0) is 13.0 Å². The van der Waals surface area contributed by atoms with Crippen molar-refractivity contribution in [1.29, 1.82) is 0 Å². The lowest BCUT2D eigenvalue weighted by Gasteiger charge is -2.00. The second-order valence-corrected chi connectivity index (χ2v) is 3.37. The highest BCUT2D eigenvalue weighted by molar-refractivity contribution is 5.88. The Morgan fingerprint density at radius 3 is 2.58 bits per heavy atom. The fourth-order valence-electron chi connectivity index (χ4n) is 1.16. The molecule has 0 amide bonds. The smallest absolute Gasteiger partial charge is 0.362 e. The SMILES string of the molecule is COC(=O)C(N=Nc1ccccc1[N+](=O)[O-])=C(C)O. The number of carbonyl (C=O) groups is 1. The molecule has 1 aromatic carbocycles. The van der Waals surface area contributed by atoms with Crippen LogP contribution in [0.2, 0.25) is 0 Å². The van der Waals surface area contributed by atoms with Crippen LogP contribution in [0.25, 0.3) is 0 Å². The molecule has 0 aliphatic heterocycles. The van der Waals surface area contributed by atoms with Gasteiger partial charge in [-0.15, -0.1) is 10.2 Å². The third-order valence-electron chi connectivity index (χ3n) is 2.06. The van der Waals surface area contributed by atoms with Gasteiger partial charge in [-0.3, -0.25) is 10.1 Å². The molecule has 0 heterocycles. The van der Waals surface area contributed by atoms with Crippen molar-refractivity contribution >= 4 is 17.3 Å². The molecule has 1 aromatic rings. The van der Waals surface area contributed by atoms with Crippen LogP contribution in [0.5, 0.6) is 0 Å². The number of aliphatic hydroxyl groups is 1. The molecule has 0 bridgehead atoms. The molecule has 0 radical (unpaired) electrons. The van der Waals surface area contributed by atoms with E-state index >= 15 is 0 Å². The van der Waals surface area contributed by atoms with Gasteiger partial charge in [-0.2, -0.15) is 0 Å². The normalized spacial score (nSPS) is 12.1. The van der Waals surface area contributed by atoms with E-state index in [-0.39, 0.29) is 11.4 Å². The summed E-state index contributed by atoms with van der Waals surface area (Å²) in [5, 5.41) is 27.1. The summed E-state index contributed by atoms with van der Waals surface area (Å²) in [6.07, 6.45) is 0. The molecular weight excluding hydrogens is 254 g/mol. The van der Waals surface area contributed by atoms with Crippen molar-refractivity contribution < 1.29 is 19.6 Å². The monoisotopic (exact) mass is 265 g/mol. The molecule has 8 heteroatoms. The number of methoxy groups -OCH3 is 1. The highest BCUT2D eigenvalue weighted by Gasteiger charge is 2.15. The minimum atomic E-state index is -0.887. The number of para-hydroxylation sites is 1. The number of aliphatic hydroxyl groups excluding tert-OH is 1. The van der Waals surface area contributed by atoms with Crippen LogP contribution in [-0.2, 0) is 9.53 Å². The van der Waals surface area contributed by atoms with E-state index in [1.54, 1.807) is 0 Å². The summed E-state index contributed by atoms with van der Waals surface area (Å²) >= 11 is 0. The van der Waals surface area contributed by atoms with Gasteiger partial charge in [0.05, 0.1) is 12.0 Å². The first-order valence-corrected chi connectivity index (χ1v) is 5.10. The van der Waals surface area contributed by atoms with Gasteiger partial charge in [0.1, 0.15) is 5.76 Å². The largest absolute Gasteiger partial charge is 0.510 e. The Morgan fingerprint density at radius 1 is 1.42 bits per heavy atom. The molecule has 0 saturated heterocycles. The van der Waals surface area contributed by atoms with E-state index in [0.29, 0.717) is 0 Å². The van der Waals surface area contributed by atoms with Crippen molar-refractivity contribution in [2.75, 3.05) is 7.11 Å². The van der Waals surface area contributed by atoms with E-state index in [4.69, 9.17) is 0 Å². The number of ether oxygens (including phenoxy) is 1. The first-order chi connectivity index (χ1) is 8.97. The van der Waals surface area contributed by atoms with Crippen molar-refractivity contribution in [2.45, 2.75) is 6.92 Å². The second kappa shape index (κ2) is 6.24. The van der Waals surface area contributed by atoms with Crippen LogP contribution in [0.3, 0.4) is 0 Å². The first kappa shape index (κ1) is 14.3. The number of azo groups is 1. The van der Waals surface area contributed by atoms with Gasteiger partial charge in [0.25, 0.3) is 5.69 Å². The van der Waals surface area contributed by atoms with Gasteiger partial charge >= 0.3 is 5.97 Å². The topological polar surface area (TPSA) is 114 Å². The van der Waals surface area contributed by atoms with Crippen LogP contribution < -0.4 is 0 Å². The number of hydrogen-bond donors (Lipinski definition) is 1. The first-order valence-electron chi connectivity index (χ1n) is 5.10. The lowest BCUT2D eigenvalue weighted by molar-refractivity contribution is -0.384. The van der Waals surface area contributed by atoms with Crippen LogP contribution in [0.4, 0.5) is 11.4 Å². The van der Waals surface area contributed by atoms with Crippen molar-refractivity contribution in [2.24, 2.45) is 10.2 Å².